The Kier molecular flexibility index (Phi) is 6.42. The molecule has 0 spiro atoms. The van der Waals surface area contributed by atoms with E-state index < -0.39 is 10.7 Å². The number of β-amino-alcohol motifs (C(OH)–C–C–N with tert-alkyl or cyclic N) is 1. The molecule has 0 unspecified atom stereocenters. The fourth-order valence-electron chi connectivity index (χ4n) is 4.02. The number of benzene rings is 1. The Morgan fingerprint density at radius 1 is 1.26 bits per heavy atom. The van der Waals surface area contributed by atoms with E-state index >= 15 is 0 Å². The molecule has 0 radical (unpaired) electrons. The zero-order valence-electron chi connectivity index (χ0n) is 16.9. The number of nitrogens with zero attached hydrogens (tertiary/aromatic N) is 4. The molecule has 2 aromatic rings. The summed E-state index contributed by atoms with van der Waals surface area (Å²) in [4.78, 5) is 18.6. The van der Waals surface area contributed by atoms with Crippen molar-refractivity contribution in [2.45, 2.75) is 25.0 Å². The van der Waals surface area contributed by atoms with Gasteiger partial charge in [0.05, 0.1) is 29.2 Å². The fraction of sp³-hybridized carbons (Fsp3) is 0.409. The van der Waals surface area contributed by atoms with Gasteiger partial charge in [-0.2, -0.15) is 0 Å². The molecule has 9 heteroatoms. The molecule has 8 nitrogen and oxygen atoms in total. The number of pyridine rings is 1. The van der Waals surface area contributed by atoms with Crippen LogP contribution in [0, 0.1) is 27.8 Å². The van der Waals surface area contributed by atoms with Crippen molar-refractivity contribution in [2.75, 3.05) is 32.7 Å². The first-order valence-corrected chi connectivity index (χ1v) is 10.2. The Bertz CT molecular complexity index is 1020. The van der Waals surface area contributed by atoms with Crippen molar-refractivity contribution in [1.82, 2.24) is 14.8 Å². The zero-order valence-corrected chi connectivity index (χ0v) is 16.9. The number of hydrogen-bond donors (Lipinski definition) is 1. The summed E-state index contributed by atoms with van der Waals surface area (Å²) in [5, 5.41) is 21.2. The molecule has 4 rings (SSSR count). The minimum atomic E-state index is -0.830. The summed E-state index contributed by atoms with van der Waals surface area (Å²) in [5.74, 6) is 5.44. The molecule has 162 valence electrons. The third kappa shape index (κ3) is 4.99. The standard InChI is InChI=1S/C22H23FN4O4/c23-18-12-17(27(29)30)5-6-22(18)31-21-7-8-24-13-16(21)4-3-9-25-14-19(20(28)15-25)26-10-1-2-11-26/h5-8,12-13,19-20,28H,1-2,9-11,14-15H2/t19-,20-/m1/s1. The zero-order chi connectivity index (χ0) is 21.8. The van der Waals surface area contributed by atoms with Crippen molar-refractivity contribution in [3.05, 3.63) is 58.2 Å². The van der Waals surface area contributed by atoms with Crippen molar-refractivity contribution < 1.29 is 19.2 Å². The summed E-state index contributed by atoms with van der Waals surface area (Å²) in [6.07, 6.45) is 5.02. The van der Waals surface area contributed by atoms with Gasteiger partial charge < -0.3 is 9.84 Å². The summed E-state index contributed by atoms with van der Waals surface area (Å²) in [5.41, 5.74) is 0.135. The van der Waals surface area contributed by atoms with Crippen LogP contribution in [0.15, 0.2) is 36.7 Å². The monoisotopic (exact) mass is 426 g/mol. The molecule has 0 saturated carbocycles. The van der Waals surface area contributed by atoms with Crippen LogP contribution in [0.1, 0.15) is 18.4 Å². The van der Waals surface area contributed by atoms with Crippen molar-refractivity contribution in [2.24, 2.45) is 0 Å². The second-order valence-corrected chi connectivity index (χ2v) is 7.72. The van der Waals surface area contributed by atoms with Crippen LogP contribution in [0.5, 0.6) is 11.5 Å². The molecule has 2 aliphatic rings. The Morgan fingerprint density at radius 3 is 2.81 bits per heavy atom. The second kappa shape index (κ2) is 9.39. The average molecular weight is 426 g/mol. The van der Waals surface area contributed by atoms with Crippen LogP contribution in [0.2, 0.25) is 0 Å². The van der Waals surface area contributed by atoms with Crippen LogP contribution in [-0.4, -0.2) is 69.7 Å². The topological polar surface area (TPSA) is 92.0 Å². The first-order chi connectivity index (χ1) is 15.0. The number of likely N-dealkylation sites (tertiary alicyclic amines) is 2. The third-order valence-electron chi connectivity index (χ3n) is 5.60. The normalized spacial score (nSPS) is 21.6. The number of nitro groups is 1. The largest absolute Gasteiger partial charge is 0.453 e. The van der Waals surface area contributed by atoms with E-state index in [4.69, 9.17) is 4.74 Å². The predicted octanol–water partition coefficient (Wildman–Crippen LogP) is 2.41. The lowest BCUT2D eigenvalue weighted by molar-refractivity contribution is -0.385. The van der Waals surface area contributed by atoms with Gasteiger partial charge in [0, 0.05) is 43.7 Å². The summed E-state index contributed by atoms with van der Waals surface area (Å²) in [6, 6.07) is 4.94. The van der Waals surface area contributed by atoms with E-state index in [1.165, 1.54) is 37.4 Å². The molecule has 0 amide bonds. The maximum Gasteiger partial charge on any atom is 0.272 e. The maximum absolute atomic E-state index is 14.2. The van der Waals surface area contributed by atoms with Gasteiger partial charge in [0.2, 0.25) is 0 Å². The molecule has 0 bridgehead atoms. The number of hydrogen-bond acceptors (Lipinski definition) is 7. The molecule has 1 N–H and O–H groups in total. The second-order valence-electron chi connectivity index (χ2n) is 7.72. The highest BCUT2D eigenvalue weighted by Gasteiger charge is 2.35. The van der Waals surface area contributed by atoms with Gasteiger partial charge in [-0.05, 0) is 32.0 Å². The molecular formula is C22H23FN4O4. The van der Waals surface area contributed by atoms with Gasteiger partial charge in [-0.1, -0.05) is 11.8 Å². The Balaban J connectivity index is 1.42. The Morgan fingerprint density at radius 2 is 2.06 bits per heavy atom. The summed E-state index contributed by atoms with van der Waals surface area (Å²) >= 11 is 0. The van der Waals surface area contributed by atoms with E-state index in [9.17, 15) is 19.6 Å². The highest BCUT2D eigenvalue weighted by molar-refractivity contribution is 5.47. The SMILES string of the molecule is O=[N+]([O-])c1ccc(Oc2ccncc2C#CCN2C[C@@H](O)[C@H](N3CCCC3)C2)c(F)c1. The van der Waals surface area contributed by atoms with Crippen molar-refractivity contribution >= 4 is 5.69 Å². The van der Waals surface area contributed by atoms with Crippen molar-refractivity contribution in [3.8, 4) is 23.3 Å². The lowest BCUT2D eigenvalue weighted by Crippen LogP contribution is -2.41. The summed E-state index contributed by atoms with van der Waals surface area (Å²) in [7, 11) is 0. The number of rotatable bonds is 5. The first-order valence-electron chi connectivity index (χ1n) is 10.2. The van der Waals surface area contributed by atoms with Crippen LogP contribution >= 0.6 is 0 Å². The highest BCUT2D eigenvalue weighted by atomic mass is 19.1. The lowest BCUT2D eigenvalue weighted by atomic mass is 10.2. The third-order valence-corrected chi connectivity index (χ3v) is 5.60. The molecule has 2 fully saturated rings. The van der Waals surface area contributed by atoms with E-state index in [0.29, 0.717) is 24.4 Å². The van der Waals surface area contributed by atoms with Gasteiger partial charge in [0.15, 0.2) is 11.6 Å². The highest BCUT2D eigenvalue weighted by Crippen LogP contribution is 2.29. The van der Waals surface area contributed by atoms with E-state index in [-0.39, 0.29) is 23.6 Å². The summed E-state index contributed by atoms with van der Waals surface area (Å²) in [6.45, 7) is 3.93. The van der Waals surface area contributed by atoms with Gasteiger partial charge in [0.25, 0.3) is 5.69 Å². The number of non-ortho nitro benzene ring substituents is 1. The van der Waals surface area contributed by atoms with Crippen LogP contribution in [0.25, 0.3) is 0 Å². The molecule has 2 aliphatic heterocycles. The average Bonchev–Trinajstić information content (AvgIpc) is 3.40. The number of ether oxygens (including phenoxy) is 1. The van der Waals surface area contributed by atoms with Gasteiger partial charge in [-0.15, -0.1) is 0 Å². The van der Waals surface area contributed by atoms with Gasteiger partial charge in [-0.3, -0.25) is 24.9 Å². The Hall–Kier alpha value is -3.06. The lowest BCUT2D eigenvalue weighted by Gasteiger charge is -2.25. The van der Waals surface area contributed by atoms with Gasteiger partial charge in [-0.25, -0.2) is 4.39 Å². The predicted molar refractivity (Wildman–Crippen MR) is 111 cm³/mol. The van der Waals surface area contributed by atoms with Crippen LogP contribution in [0.3, 0.4) is 0 Å². The Labute approximate surface area is 179 Å². The van der Waals surface area contributed by atoms with Crippen LogP contribution in [0.4, 0.5) is 10.1 Å². The molecule has 0 aliphatic carbocycles. The number of halogens is 1. The molecular weight excluding hydrogens is 403 g/mol. The number of nitro benzene ring substituents is 1. The van der Waals surface area contributed by atoms with E-state index in [0.717, 1.165) is 25.7 Å². The number of aliphatic hydroxyl groups is 1. The van der Waals surface area contributed by atoms with E-state index in [1.54, 1.807) is 6.07 Å². The molecule has 2 atom stereocenters. The number of aliphatic hydroxyl groups excluding tert-OH is 1. The number of aromatic nitrogens is 1. The smallest absolute Gasteiger partial charge is 0.272 e. The molecule has 31 heavy (non-hydrogen) atoms. The minimum Gasteiger partial charge on any atom is -0.453 e. The van der Waals surface area contributed by atoms with Crippen molar-refractivity contribution in [1.29, 1.82) is 0 Å². The fourth-order valence-corrected chi connectivity index (χ4v) is 4.02. The molecule has 1 aromatic heterocycles. The van der Waals surface area contributed by atoms with E-state index in [1.807, 2.05) is 0 Å². The first kappa shape index (κ1) is 21.2. The molecule has 1 aromatic carbocycles. The van der Waals surface area contributed by atoms with Crippen LogP contribution in [-0.2, 0) is 0 Å². The molecule has 2 saturated heterocycles. The minimum absolute atomic E-state index is 0.129. The van der Waals surface area contributed by atoms with E-state index in [2.05, 4.69) is 26.6 Å². The summed E-state index contributed by atoms with van der Waals surface area (Å²) < 4.78 is 19.8. The molecule has 3 heterocycles. The van der Waals surface area contributed by atoms with Gasteiger partial charge >= 0.3 is 0 Å². The van der Waals surface area contributed by atoms with Crippen molar-refractivity contribution in [3.63, 3.8) is 0 Å². The van der Waals surface area contributed by atoms with Crippen LogP contribution < -0.4 is 4.74 Å². The maximum atomic E-state index is 14.2. The van der Waals surface area contributed by atoms with Gasteiger partial charge in [0.1, 0.15) is 5.75 Å². The quantitative estimate of drug-likeness (QED) is 0.446.